The molecule has 0 aliphatic heterocycles. The molecule has 112 valence electrons. The van der Waals surface area contributed by atoms with Gasteiger partial charge in [-0.2, -0.15) is 0 Å². The van der Waals surface area contributed by atoms with Crippen LogP contribution < -0.4 is 10.5 Å². The van der Waals surface area contributed by atoms with E-state index in [9.17, 15) is 9.90 Å². The number of benzene rings is 2. The van der Waals surface area contributed by atoms with Crippen LogP contribution in [0.25, 0.3) is 0 Å². The Labute approximate surface area is 128 Å². The Morgan fingerprint density at radius 3 is 2.00 bits per heavy atom. The second kappa shape index (κ2) is 7.52. The van der Waals surface area contributed by atoms with Crippen LogP contribution in [0.4, 0.5) is 0 Å². The van der Waals surface area contributed by atoms with E-state index in [-0.39, 0.29) is 24.6 Å². The van der Waals surface area contributed by atoms with Gasteiger partial charge in [0.05, 0.1) is 0 Å². The molecule has 0 aromatic heterocycles. The molecule has 0 radical (unpaired) electrons. The summed E-state index contributed by atoms with van der Waals surface area (Å²) >= 11 is 0. The maximum atomic E-state index is 10.7. The number of phenols is 1. The van der Waals surface area contributed by atoms with Crippen LogP contribution in [-0.2, 0) is 11.2 Å². The summed E-state index contributed by atoms with van der Waals surface area (Å²) in [5.74, 6) is 0.394. The van der Waals surface area contributed by atoms with E-state index in [0.29, 0.717) is 11.5 Å². The molecule has 0 unspecified atom stereocenters. The summed E-state index contributed by atoms with van der Waals surface area (Å²) in [5, 5.41) is 17.9. The van der Waals surface area contributed by atoms with E-state index in [2.05, 4.69) is 0 Å². The molecular formula is C15H16ClNO4. The minimum absolute atomic E-state index is 0. The lowest BCUT2D eigenvalue weighted by atomic mass is 10.1. The molecule has 2 aromatic rings. The average molecular weight is 310 g/mol. The maximum absolute atomic E-state index is 10.7. The van der Waals surface area contributed by atoms with Gasteiger partial charge in [0.1, 0.15) is 23.3 Å². The lowest BCUT2D eigenvalue weighted by Crippen LogP contribution is -2.32. The number of carboxylic acids is 1. The van der Waals surface area contributed by atoms with Gasteiger partial charge in [0.25, 0.3) is 0 Å². The summed E-state index contributed by atoms with van der Waals surface area (Å²) in [6, 6.07) is 12.5. The number of ether oxygens (including phenoxy) is 1. The molecule has 0 amide bonds. The molecule has 0 saturated heterocycles. The van der Waals surface area contributed by atoms with Crippen LogP contribution >= 0.6 is 12.4 Å². The number of rotatable bonds is 5. The van der Waals surface area contributed by atoms with Crippen molar-refractivity contribution in [3.8, 4) is 17.2 Å². The summed E-state index contributed by atoms with van der Waals surface area (Å²) in [5.41, 5.74) is 6.30. The van der Waals surface area contributed by atoms with Gasteiger partial charge in [0, 0.05) is 0 Å². The fraction of sp³-hybridized carbons (Fsp3) is 0.133. The first-order valence-electron chi connectivity index (χ1n) is 6.09. The number of carboxylic acid groups (broad SMARTS) is 1. The molecule has 0 spiro atoms. The number of carbonyl (C=O) groups is 1. The fourth-order valence-electron chi connectivity index (χ4n) is 1.69. The monoisotopic (exact) mass is 309 g/mol. The summed E-state index contributed by atoms with van der Waals surface area (Å²) in [6.07, 6.45) is 0.273. The smallest absolute Gasteiger partial charge is 0.320 e. The third-order valence-electron chi connectivity index (χ3n) is 2.77. The minimum Gasteiger partial charge on any atom is -0.508 e. The van der Waals surface area contributed by atoms with Gasteiger partial charge >= 0.3 is 5.97 Å². The molecule has 0 aliphatic rings. The third kappa shape index (κ3) is 4.98. The lowest BCUT2D eigenvalue weighted by Gasteiger charge is -2.08. The van der Waals surface area contributed by atoms with Crippen LogP contribution in [0.5, 0.6) is 17.2 Å². The van der Waals surface area contributed by atoms with Crippen molar-refractivity contribution in [2.24, 2.45) is 5.73 Å². The summed E-state index contributed by atoms with van der Waals surface area (Å²) in [4.78, 5) is 10.7. The fourth-order valence-corrected chi connectivity index (χ4v) is 1.69. The Balaban J connectivity index is 0.00000220. The Morgan fingerprint density at radius 1 is 1.05 bits per heavy atom. The van der Waals surface area contributed by atoms with Crippen molar-refractivity contribution in [3.63, 3.8) is 0 Å². The predicted molar refractivity (Wildman–Crippen MR) is 81.2 cm³/mol. The van der Waals surface area contributed by atoms with E-state index in [4.69, 9.17) is 15.6 Å². The van der Waals surface area contributed by atoms with E-state index in [0.717, 1.165) is 5.56 Å². The highest BCUT2D eigenvalue weighted by Gasteiger charge is 2.11. The van der Waals surface area contributed by atoms with Gasteiger partial charge in [-0.1, -0.05) is 12.1 Å². The van der Waals surface area contributed by atoms with Crippen molar-refractivity contribution in [2.75, 3.05) is 0 Å². The van der Waals surface area contributed by atoms with Crippen molar-refractivity contribution in [3.05, 3.63) is 54.1 Å². The first-order valence-corrected chi connectivity index (χ1v) is 6.09. The second-order valence-corrected chi connectivity index (χ2v) is 4.39. The molecule has 0 aliphatic carbocycles. The number of nitrogens with two attached hydrogens (primary N) is 1. The molecule has 6 heteroatoms. The molecule has 0 fully saturated rings. The van der Waals surface area contributed by atoms with E-state index in [1.807, 2.05) is 0 Å². The van der Waals surface area contributed by atoms with E-state index in [1.54, 1.807) is 36.4 Å². The molecule has 4 N–H and O–H groups in total. The van der Waals surface area contributed by atoms with Crippen molar-refractivity contribution < 1.29 is 19.7 Å². The zero-order chi connectivity index (χ0) is 14.5. The molecule has 0 saturated carbocycles. The van der Waals surface area contributed by atoms with E-state index >= 15 is 0 Å². The number of hydrogen-bond donors (Lipinski definition) is 3. The molecule has 0 bridgehead atoms. The molecule has 1 atom stereocenters. The Morgan fingerprint density at radius 2 is 1.52 bits per heavy atom. The second-order valence-electron chi connectivity index (χ2n) is 4.39. The topological polar surface area (TPSA) is 92.8 Å². The Hall–Kier alpha value is -2.24. The van der Waals surface area contributed by atoms with Crippen molar-refractivity contribution in [1.29, 1.82) is 0 Å². The quantitative estimate of drug-likeness (QED) is 0.789. The molecule has 0 heterocycles. The van der Waals surface area contributed by atoms with Crippen LogP contribution in [0.1, 0.15) is 5.56 Å². The van der Waals surface area contributed by atoms with Crippen molar-refractivity contribution >= 4 is 18.4 Å². The SMILES string of the molecule is Cl.N[C@@H](Cc1ccc(Oc2ccc(O)cc2)cc1)C(=O)O. The van der Waals surface area contributed by atoms with Crippen molar-refractivity contribution in [1.82, 2.24) is 0 Å². The zero-order valence-corrected chi connectivity index (χ0v) is 11.9. The van der Waals surface area contributed by atoms with Gasteiger partial charge in [0.2, 0.25) is 0 Å². The normalized spacial score (nSPS) is 11.3. The average Bonchev–Trinajstić information content (AvgIpc) is 2.43. The van der Waals surface area contributed by atoms with E-state index in [1.165, 1.54) is 12.1 Å². The number of phenolic OH excluding ortho intramolecular Hbond substituents is 1. The molecule has 2 aromatic carbocycles. The third-order valence-corrected chi connectivity index (χ3v) is 2.77. The number of hydrogen-bond acceptors (Lipinski definition) is 4. The first kappa shape index (κ1) is 16.8. The first-order chi connectivity index (χ1) is 9.54. The Kier molecular flexibility index (Phi) is 6.02. The number of aromatic hydroxyl groups is 1. The highest BCUT2D eigenvalue weighted by Crippen LogP contribution is 2.23. The predicted octanol–water partition coefficient (Wildman–Crippen LogP) is 2.56. The summed E-state index contributed by atoms with van der Waals surface area (Å²) in [6.45, 7) is 0. The van der Waals surface area contributed by atoms with Gasteiger partial charge in [-0.05, 0) is 48.4 Å². The van der Waals surface area contributed by atoms with Crippen LogP contribution in [-0.4, -0.2) is 22.2 Å². The van der Waals surface area contributed by atoms with Crippen LogP contribution in [0.2, 0.25) is 0 Å². The van der Waals surface area contributed by atoms with Crippen LogP contribution in [0.15, 0.2) is 48.5 Å². The summed E-state index contributed by atoms with van der Waals surface area (Å²) in [7, 11) is 0. The zero-order valence-electron chi connectivity index (χ0n) is 11.1. The number of aliphatic carboxylic acids is 1. The van der Waals surface area contributed by atoms with Gasteiger partial charge in [-0.25, -0.2) is 0 Å². The van der Waals surface area contributed by atoms with Crippen LogP contribution in [0.3, 0.4) is 0 Å². The molecule has 5 nitrogen and oxygen atoms in total. The highest BCUT2D eigenvalue weighted by atomic mass is 35.5. The van der Waals surface area contributed by atoms with Gasteiger partial charge < -0.3 is 20.7 Å². The van der Waals surface area contributed by atoms with E-state index < -0.39 is 12.0 Å². The maximum Gasteiger partial charge on any atom is 0.320 e. The largest absolute Gasteiger partial charge is 0.508 e. The minimum atomic E-state index is -1.02. The number of halogens is 1. The summed E-state index contributed by atoms with van der Waals surface area (Å²) < 4.78 is 5.58. The van der Waals surface area contributed by atoms with Gasteiger partial charge in [0.15, 0.2) is 0 Å². The van der Waals surface area contributed by atoms with Gasteiger partial charge in [-0.15, -0.1) is 12.4 Å². The van der Waals surface area contributed by atoms with Gasteiger partial charge in [-0.3, -0.25) is 4.79 Å². The molecular weight excluding hydrogens is 294 g/mol. The lowest BCUT2D eigenvalue weighted by molar-refractivity contribution is -0.138. The van der Waals surface area contributed by atoms with Crippen LogP contribution in [0, 0.1) is 0 Å². The molecule has 2 rings (SSSR count). The van der Waals surface area contributed by atoms with Crippen molar-refractivity contribution in [2.45, 2.75) is 12.5 Å². The standard InChI is InChI=1S/C15H15NO4.ClH/c16-14(15(18)19)9-10-1-5-12(6-2-10)20-13-7-3-11(17)4-8-13;/h1-8,14,17H,9,16H2,(H,18,19);1H/t14-;/m0./s1. The molecule has 21 heavy (non-hydrogen) atoms. The Bertz CT molecular complexity index is 584. The highest BCUT2D eigenvalue weighted by molar-refractivity contribution is 5.85.